The maximum atomic E-state index is 16.8. The Morgan fingerprint density at radius 3 is 2.80 bits per heavy atom. The molecule has 5 aliphatic rings. The van der Waals surface area contributed by atoms with Gasteiger partial charge in [-0.05, 0) is 61.6 Å². The summed E-state index contributed by atoms with van der Waals surface area (Å²) in [4.78, 5) is 18.8. The number of pyridine rings is 1. The minimum absolute atomic E-state index is 0.0240. The largest absolute Gasteiger partial charge is 0.508 e. The van der Waals surface area contributed by atoms with Gasteiger partial charge >= 0.3 is 6.01 Å². The lowest BCUT2D eigenvalue weighted by atomic mass is 9.92. The fourth-order valence-corrected chi connectivity index (χ4v) is 8.64. The molecule has 4 aromatic rings. The number of phenolic OH excluding ortho intramolecular Hbond substituents is 1. The van der Waals surface area contributed by atoms with Crippen molar-refractivity contribution < 1.29 is 18.6 Å². The van der Waals surface area contributed by atoms with Crippen molar-refractivity contribution in [1.29, 1.82) is 0 Å². The number of nitrogens with zero attached hydrogens (tertiary/aromatic N) is 5. The summed E-state index contributed by atoms with van der Waals surface area (Å²) < 4.78 is 38.1. The highest BCUT2D eigenvalue weighted by molar-refractivity contribution is 6.03. The molecule has 228 valence electrons. The average molecular weight is 607 g/mol. The van der Waals surface area contributed by atoms with Crippen LogP contribution in [0.25, 0.3) is 32.9 Å². The van der Waals surface area contributed by atoms with Gasteiger partial charge in [0.05, 0.1) is 16.5 Å². The fraction of sp³-hybridized carbons (Fsp3) is 0.400. The van der Waals surface area contributed by atoms with Crippen LogP contribution in [0.15, 0.2) is 42.6 Å². The number of piperazine rings is 1. The maximum Gasteiger partial charge on any atom is 0.319 e. The molecule has 0 radical (unpaired) electrons. The highest BCUT2D eigenvalue weighted by Crippen LogP contribution is 2.57. The molecule has 6 heterocycles. The molecule has 9 rings (SSSR count). The summed E-state index contributed by atoms with van der Waals surface area (Å²) in [5.74, 6) is 2.24. The SMILES string of the molecule is C#Cc1c(F)ccc2cc(O)cc(-c3ncc4c(N5C[C@H]6CC[C@@H](C5)N6)nc(OCC56CC(=C)CN5[C@H]5C[C@H]5C6)nc4c3F)c12. The van der Waals surface area contributed by atoms with Crippen LogP contribution in [0, 0.1) is 29.9 Å². The summed E-state index contributed by atoms with van der Waals surface area (Å²) in [5, 5.41) is 15.4. The monoisotopic (exact) mass is 606 g/mol. The minimum Gasteiger partial charge on any atom is -0.508 e. The van der Waals surface area contributed by atoms with Crippen molar-refractivity contribution in [2.45, 2.75) is 55.8 Å². The van der Waals surface area contributed by atoms with Crippen LogP contribution >= 0.6 is 0 Å². The van der Waals surface area contributed by atoms with Gasteiger partial charge in [-0.25, -0.2) is 8.78 Å². The lowest BCUT2D eigenvalue weighted by Gasteiger charge is -2.35. The third-order valence-corrected chi connectivity index (χ3v) is 10.6. The van der Waals surface area contributed by atoms with Crippen LogP contribution in [0.5, 0.6) is 11.8 Å². The zero-order valence-electron chi connectivity index (χ0n) is 24.7. The van der Waals surface area contributed by atoms with Gasteiger partial charge in [-0.3, -0.25) is 9.88 Å². The smallest absolute Gasteiger partial charge is 0.319 e. The first-order chi connectivity index (χ1) is 21.8. The summed E-state index contributed by atoms with van der Waals surface area (Å²) in [7, 11) is 0. The summed E-state index contributed by atoms with van der Waals surface area (Å²) in [6.45, 7) is 7.02. The molecule has 10 heteroatoms. The third kappa shape index (κ3) is 4.14. The Balaban J connectivity index is 1.18. The van der Waals surface area contributed by atoms with Crippen LogP contribution in [0.3, 0.4) is 0 Å². The zero-order chi connectivity index (χ0) is 30.6. The number of phenols is 1. The Morgan fingerprint density at radius 1 is 1.18 bits per heavy atom. The van der Waals surface area contributed by atoms with Gasteiger partial charge in [-0.1, -0.05) is 24.1 Å². The van der Waals surface area contributed by atoms with Crippen LogP contribution in [0.2, 0.25) is 0 Å². The van der Waals surface area contributed by atoms with Crippen molar-refractivity contribution in [2.24, 2.45) is 5.92 Å². The quantitative estimate of drug-likeness (QED) is 0.245. The Morgan fingerprint density at radius 2 is 2.00 bits per heavy atom. The van der Waals surface area contributed by atoms with E-state index in [0.717, 1.165) is 45.3 Å². The molecular weight excluding hydrogens is 574 g/mol. The molecule has 1 unspecified atom stereocenters. The van der Waals surface area contributed by atoms with Crippen LogP contribution in [0.4, 0.5) is 14.6 Å². The number of nitrogens with one attached hydrogen (secondary N) is 1. The van der Waals surface area contributed by atoms with E-state index in [2.05, 4.69) is 37.6 Å². The molecule has 1 aliphatic carbocycles. The molecule has 8 nitrogen and oxygen atoms in total. The number of hydrogen-bond acceptors (Lipinski definition) is 8. The van der Waals surface area contributed by atoms with Crippen LogP contribution < -0.4 is 15.0 Å². The molecule has 5 fully saturated rings. The van der Waals surface area contributed by atoms with Crippen molar-refractivity contribution in [3.63, 3.8) is 0 Å². The molecule has 2 N–H and O–H groups in total. The van der Waals surface area contributed by atoms with Crippen molar-refractivity contribution in [1.82, 2.24) is 25.2 Å². The number of terminal acetylenes is 1. The van der Waals surface area contributed by atoms with E-state index in [9.17, 15) is 9.50 Å². The zero-order valence-corrected chi connectivity index (χ0v) is 24.7. The van der Waals surface area contributed by atoms with E-state index in [4.69, 9.17) is 16.1 Å². The van der Waals surface area contributed by atoms with Gasteiger partial charge in [0.25, 0.3) is 0 Å². The highest BCUT2D eigenvalue weighted by Gasteiger charge is 2.62. The second kappa shape index (κ2) is 9.59. The van der Waals surface area contributed by atoms with Gasteiger partial charge in [-0.2, -0.15) is 9.97 Å². The standard InChI is InChI=1S/C35H32F2N6O2/c1-3-24-27(36)7-4-19-8-23(44)10-25(29(19)24)31-30(37)32-26(13-38-31)33(42-15-21-5-6-22(16-42)39-21)41-34(40-32)45-17-35-11-18(2)14-43(35)28-9-20(28)12-35/h1,4,7-8,10,13,20-22,28,39,44H,2,5-6,9,11-12,14-17H2/t20-,21-,22+,28-,35?/m0/s1. The summed E-state index contributed by atoms with van der Waals surface area (Å²) >= 11 is 0. The molecule has 5 atom stereocenters. The molecule has 0 amide bonds. The number of halogens is 2. The van der Waals surface area contributed by atoms with E-state index in [1.807, 2.05) is 0 Å². The summed E-state index contributed by atoms with van der Waals surface area (Å²) in [6.07, 6.45) is 12.6. The number of anilines is 1. The predicted molar refractivity (Wildman–Crippen MR) is 167 cm³/mol. The molecule has 2 aromatic heterocycles. The second-order valence-electron chi connectivity index (χ2n) is 13.5. The molecule has 4 saturated heterocycles. The van der Waals surface area contributed by atoms with Crippen molar-refractivity contribution >= 4 is 27.5 Å². The predicted octanol–water partition coefficient (Wildman–Crippen LogP) is 4.92. The first kappa shape index (κ1) is 27.0. The Hall–Kier alpha value is -4.33. The van der Waals surface area contributed by atoms with Crippen LogP contribution in [-0.2, 0) is 0 Å². The number of piperidine rings is 1. The Labute approximate surface area is 259 Å². The van der Waals surface area contributed by atoms with Gasteiger partial charge in [0.15, 0.2) is 5.82 Å². The second-order valence-corrected chi connectivity index (χ2v) is 13.5. The summed E-state index contributed by atoms with van der Waals surface area (Å²) in [5.41, 5.74) is 1.21. The average Bonchev–Trinajstić information content (AvgIpc) is 3.44. The van der Waals surface area contributed by atoms with E-state index in [-0.39, 0.29) is 39.6 Å². The van der Waals surface area contributed by atoms with Crippen molar-refractivity contribution in [3.8, 4) is 35.4 Å². The van der Waals surface area contributed by atoms with Crippen LogP contribution in [-0.4, -0.2) is 74.9 Å². The fourth-order valence-electron chi connectivity index (χ4n) is 8.64. The number of hydrogen-bond donors (Lipinski definition) is 2. The maximum absolute atomic E-state index is 16.8. The van der Waals surface area contributed by atoms with E-state index < -0.39 is 11.6 Å². The molecule has 45 heavy (non-hydrogen) atoms. The molecular formula is C35H32F2N6O2. The lowest BCUT2D eigenvalue weighted by Crippen LogP contribution is -2.51. The van der Waals surface area contributed by atoms with E-state index in [0.29, 0.717) is 52.6 Å². The van der Waals surface area contributed by atoms with Gasteiger partial charge < -0.3 is 20.1 Å². The van der Waals surface area contributed by atoms with Gasteiger partial charge in [0.1, 0.15) is 35.2 Å². The lowest BCUT2D eigenvalue weighted by molar-refractivity contribution is 0.0867. The number of aromatic hydroxyl groups is 1. The summed E-state index contributed by atoms with van der Waals surface area (Å²) in [6, 6.07) is 6.94. The minimum atomic E-state index is -0.714. The first-order valence-corrected chi connectivity index (χ1v) is 15.7. The number of fused-ring (bicyclic) bond motifs is 7. The number of rotatable bonds is 5. The van der Waals surface area contributed by atoms with Gasteiger partial charge in [-0.15, -0.1) is 6.42 Å². The first-order valence-electron chi connectivity index (χ1n) is 15.7. The third-order valence-electron chi connectivity index (χ3n) is 10.6. The number of aromatic nitrogens is 3. The Kier molecular flexibility index (Phi) is 5.76. The van der Waals surface area contributed by atoms with Crippen molar-refractivity contribution in [3.05, 3.63) is 59.8 Å². The Bertz CT molecular complexity index is 1980. The van der Waals surface area contributed by atoms with E-state index >= 15 is 4.39 Å². The van der Waals surface area contributed by atoms with E-state index in [1.54, 1.807) is 6.20 Å². The molecule has 2 aromatic carbocycles. The highest BCUT2D eigenvalue weighted by atomic mass is 19.1. The number of ether oxygens (including phenoxy) is 1. The van der Waals surface area contributed by atoms with Gasteiger partial charge in [0.2, 0.25) is 0 Å². The molecule has 0 spiro atoms. The molecule has 2 bridgehead atoms. The topological polar surface area (TPSA) is 86.6 Å². The number of benzene rings is 2. The normalized spacial score (nSPS) is 28.5. The van der Waals surface area contributed by atoms with Gasteiger partial charge in [0, 0.05) is 54.9 Å². The molecule has 1 saturated carbocycles. The van der Waals surface area contributed by atoms with Crippen LogP contribution in [0.1, 0.15) is 37.7 Å². The molecule has 4 aliphatic heterocycles. The van der Waals surface area contributed by atoms with E-state index in [1.165, 1.54) is 36.3 Å². The van der Waals surface area contributed by atoms with Crippen molar-refractivity contribution in [2.75, 3.05) is 31.1 Å².